The van der Waals surface area contributed by atoms with Crippen LogP contribution in [0.2, 0.25) is 0 Å². The molecule has 0 aromatic heterocycles. The van der Waals surface area contributed by atoms with E-state index in [0.717, 1.165) is 0 Å². The van der Waals surface area contributed by atoms with E-state index in [2.05, 4.69) is 0 Å². The van der Waals surface area contributed by atoms with Crippen LogP contribution in [0.15, 0.2) is 11.3 Å². The number of aliphatic carboxylic acids is 1. The van der Waals surface area contributed by atoms with E-state index < -0.39 is 12.0 Å². The molecular weight excluding hydrogens is 232 g/mol. The number of carbonyl (C=O) groups excluding carboxylic acids is 1. The fourth-order valence-corrected chi connectivity index (χ4v) is 3.14. The minimum absolute atomic E-state index is 0.0392. The first-order valence-corrected chi connectivity index (χ1v) is 5.77. The van der Waals surface area contributed by atoms with Gasteiger partial charge in [-0.05, 0) is 5.57 Å². The summed E-state index contributed by atoms with van der Waals surface area (Å²) in [5, 5.41) is 8.87. The van der Waals surface area contributed by atoms with Gasteiger partial charge >= 0.3 is 5.97 Å². The van der Waals surface area contributed by atoms with E-state index in [1.165, 1.54) is 23.8 Å². The predicted molar refractivity (Wildman–Crippen MR) is 57.6 cm³/mol. The molecule has 2 aliphatic rings. The molecule has 0 aromatic rings. The van der Waals surface area contributed by atoms with Gasteiger partial charge in [0.05, 0.1) is 6.61 Å². The van der Waals surface area contributed by atoms with Crippen molar-refractivity contribution in [1.29, 1.82) is 0 Å². The van der Waals surface area contributed by atoms with E-state index in [1.54, 1.807) is 0 Å². The summed E-state index contributed by atoms with van der Waals surface area (Å²) < 4.78 is 4.93. The summed E-state index contributed by atoms with van der Waals surface area (Å²) in [6.07, 6.45) is 0. The number of amides is 1. The number of fused-ring (bicyclic) bond motifs is 1. The normalized spacial score (nSPS) is 28.9. The van der Waals surface area contributed by atoms with Crippen molar-refractivity contribution in [1.82, 2.24) is 4.90 Å². The Bertz CT molecular complexity index is 382. The van der Waals surface area contributed by atoms with Crippen molar-refractivity contribution in [3.05, 3.63) is 11.3 Å². The monoisotopic (exact) mass is 244 g/mol. The molecule has 0 aliphatic carbocycles. The Morgan fingerprint density at radius 3 is 3.00 bits per heavy atom. The van der Waals surface area contributed by atoms with E-state index in [0.29, 0.717) is 11.3 Å². The fraction of sp³-hybridized carbons (Fsp3) is 0.556. The maximum Gasteiger partial charge on any atom is 0.352 e. The summed E-state index contributed by atoms with van der Waals surface area (Å²) in [5.74, 6) is -0.891. The van der Waals surface area contributed by atoms with E-state index in [1.807, 2.05) is 0 Å². The summed E-state index contributed by atoms with van der Waals surface area (Å²) in [6, 6.07) is -0.580. The summed E-state index contributed by atoms with van der Waals surface area (Å²) in [6.45, 7) is 0.223. The minimum atomic E-state index is -1.10. The van der Waals surface area contributed by atoms with Crippen LogP contribution < -0.4 is 5.73 Å². The number of rotatable bonds is 3. The Hall–Kier alpha value is -1.05. The Balaban J connectivity index is 2.34. The van der Waals surface area contributed by atoms with Gasteiger partial charge in [-0.1, -0.05) is 0 Å². The van der Waals surface area contributed by atoms with E-state index in [9.17, 15) is 9.59 Å². The number of β-lactam (4-membered cyclic amide) rings is 1. The first kappa shape index (κ1) is 11.4. The highest BCUT2D eigenvalue weighted by Gasteiger charge is 2.51. The number of ether oxygens (including phenoxy) is 1. The van der Waals surface area contributed by atoms with Crippen LogP contribution in [-0.2, 0) is 14.3 Å². The second-order valence-corrected chi connectivity index (χ2v) is 4.73. The van der Waals surface area contributed by atoms with Gasteiger partial charge in [-0.3, -0.25) is 9.69 Å². The number of thioether (sulfide) groups is 1. The third kappa shape index (κ3) is 1.51. The van der Waals surface area contributed by atoms with Gasteiger partial charge in [0.15, 0.2) is 0 Å². The molecule has 6 nitrogen and oxygen atoms in total. The van der Waals surface area contributed by atoms with Crippen molar-refractivity contribution < 1.29 is 19.4 Å². The Kier molecular flexibility index (Phi) is 2.92. The number of hydrogen-bond donors (Lipinski definition) is 2. The van der Waals surface area contributed by atoms with Gasteiger partial charge in [-0.25, -0.2) is 4.79 Å². The third-order valence-corrected chi connectivity index (χ3v) is 3.97. The molecule has 0 aromatic carbocycles. The number of carbonyl (C=O) groups is 2. The molecule has 0 unspecified atom stereocenters. The first-order valence-electron chi connectivity index (χ1n) is 4.72. The number of nitrogens with zero attached hydrogens (tertiary/aromatic N) is 1. The molecule has 16 heavy (non-hydrogen) atoms. The summed E-state index contributed by atoms with van der Waals surface area (Å²) >= 11 is 1.47. The molecule has 0 radical (unpaired) electrons. The van der Waals surface area contributed by atoms with E-state index in [-0.39, 0.29) is 23.6 Å². The zero-order chi connectivity index (χ0) is 11.9. The molecular formula is C9H12N2O4S. The second-order valence-electron chi connectivity index (χ2n) is 3.63. The second kappa shape index (κ2) is 4.08. The standard InChI is InChI=1S/C9H12N2O4S/c1-15-2-4-3-16-8-5(10)7(12)11(8)6(4)9(13)14/h5,8H,2-3,10H2,1H3,(H,13,14)/t5-,8-/m0/s1. The lowest BCUT2D eigenvalue weighted by molar-refractivity contribution is -0.148. The summed E-state index contributed by atoms with van der Waals surface area (Å²) in [4.78, 5) is 23.9. The van der Waals surface area contributed by atoms with Crippen LogP contribution in [0.1, 0.15) is 0 Å². The van der Waals surface area contributed by atoms with E-state index >= 15 is 0 Å². The molecule has 2 heterocycles. The highest BCUT2D eigenvalue weighted by atomic mass is 32.2. The maximum absolute atomic E-state index is 11.5. The van der Waals surface area contributed by atoms with Crippen molar-refractivity contribution in [2.45, 2.75) is 11.4 Å². The highest BCUT2D eigenvalue weighted by Crippen LogP contribution is 2.39. The van der Waals surface area contributed by atoms with Gasteiger partial charge in [0.2, 0.25) is 5.91 Å². The molecule has 2 aliphatic heterocycles. The SMILES string of the molecule is COCC1=C(C(=O)O)N2C(=O)[C@H](N)[C@@H]2SC1. The van der Waals surface area contributed by atoms with Crippen LogP contribution in [0.4, 0.5) is 0 Å². The lowest BCUT2D eigenvalue weighted by Crippen LogP contribution is -2.68. The Morgan fingerprint density at radius 1 is 1.75 bits per heavy atom. The van der Waals surface area contributed by atoms with Crippen LogP contribution >= 0.6 is 11.8 Å². The molecule has 1 amide bonds. The maximum atomic E-state index is 11.5. The van der Waals surface area contributed by atoms with Crippen molar-refractivity contribution in [3.8, 4) is 0 Å². The number of carboxylic acid groups (broad SMARTS) is 1. The largest absolute Gasteiger partial charge is 0.477 e. The van der Waals surface area contributed by atoms with E-state index in [4.69, 9.17) is 15.6 Å². The number of carboxylic acids is 1. The van der Waals surface area contributed by atoms with Crippen molar-refractivity contribution >= 4 is 23.6 Å². The molecule has 1 saturated heterocycles. The third-order valence-electron chi connectivity index (χ3n) is 2.61. The molecule has 2 rings (SSSR count). The molecule has 3 N–H and O–H groups in total. The molecule has 1 fully saturated rings. The molecule has 88 valence electrons. The van der Waals surface area contributed by atoms with Crippen LogP contribution in [0.5, 0.6) is 0 Å². The molecule has 7 heteroatoms. The fourth-order valence-electron chi connectivity index (χ4n) is 1.87. The Morgan fingerprint density at radius 2 is 2.44 bits per heavy atom. The molecule has 0 saturated carbocycles. The van der Waals surface area contributed by atoms with Gasteiger partial charge in [0, 0.05) is 12.9 Å². The van der Waals surface area contributed by atoms with Gasteiger partial charge in [-0.15, -0.1) is 11.8 Å². The van der Waals surface area contributed by atoms with Crippen LogP contribution in [0.3, 0.4) is 0 Å². The minimum Gasteiger partial charge on any atom is -0.477 e. The van der Waals surface area contributed by atoms with Gasteiger partial charge in [0.25, 0.3) is 0 Å². The molecule has 0 bridgehead atoms. The number of methoxy groups -OCH3 is 1. The Labute approximate surface area is 96.4 Å². The van der Waals surface area contributed by atoms with Crippen molar-refractivity contribution in [2.24, 2.45) is 5.73 Å². The first-order chi connectivity index (χ1) is 7.57. The lowest BCUT2D eigenvalue weighted by Gasteiger charge is -2.47. The highest BCUT2D eigenvalue weighted by molar-refractivity contribution is 8.00. The van der Waals surface area contributed by atoms with Crippen LogP contribution in [-0.4, -0.2) is 52.8 Å². The topological polar surface area (TPSA) is 92.9 Å². The van der Waals surface area contributed by atoms with Gasteiger partial charge in [-0.2, -0.15) is 0 Å². The number of hydrogen-bond acceptors (Lipinski definition) is 5. The average molecular weight is 244 g/mol. The smallest absolute Gasteiger partial charge is 0.352 e. The van der Waals surface area contributed by atoms with Crippen molar-refractivity contribution in [2.75, 3.05) is 19.5 Å². The van der Waals surface area contributed by atoms with Crippen LogP contribution in [0.25, 0.3) is 0 Å². The van der Waals surface area contributed by atoms with Gasteiger partial charge < -0.3 is 15.6 Å². The van der Waals surface area contributed by atoms with Crippen molar-refractivity contribution in [3.63, 3.8) is 0 Å². The lowest BCUT2D eigenvalue weighted by atomic mass is 10.0. The summed E-state index contributed by atoms with van der Waals surface area (Å²) in [5.41, 5.74) is 6.26. The molecule has 2 atom stereocenters. The summed E-state index contributed by atoms with van der Waals surface area (Å²) in [7, 11) is 1.49. The van der Waals surface area contributed by atoms with Gasteiger partial charge in [0.1, 0.15) is 17.1 Å². The zero-order valence-corrected chi connectivity index (χ0v) is 9.49. The average Bonchev–Trinajstić information content (AvgIpc) is 2.27. The van der Waals surface area contributed by atoms with Crippen LogP contribution in [0, 0.1) is 0 Å². The zero-order valence-electron chi connectivity index (χ0n) is 8.67. The quantitative estimate of drug-likeness (QED) is 0.632. The number of nitrogens with two attached hydrogens (primary N) is 1. The predicted octanol–water partition coefficient (Wildman–Crippen LogP) is -0.786. The molecule has 0 spiro atoms.